The Hall–Kier alpha value is -3.38. The average Bonchev–Trinajstić information content (AvgIpc) is 3.51. The number of hydrogen-bond acceptors (Lipinski definition) is 8. The molecular weight excluding hydrogens is 460 g/mol. The summed E-state index contributed by atoms with van der Waals surface area (Å²) in [5.41, 5.74) is 1.88. The van der Waals surface area contributed by atoms with E-state index in [1.54, 1.807) is 24.5 Å². The summed E-state index contributed by atoms with van der Waals surface area (Å²) in [5.74, 6) is 0.765. The quantitative estimate of drug-likeness (QED) is 0.425. The van der Waals surface area contributed by atoms with Gasteiger partial charge in [-0.2, -0.15) is 9.97 Å². The number of alkyl halides is 2. The third-order valence-electron chi connectivity index (χ3n) is 6.58. The average molecular weight is 485 g/mol. The van der Waals surface area contributed by atoms with Crippen molar-refractivity contribution in [1.29, 1.82) is 0 Å². The van der Waals surface area contributed by atoms with Crippen LogP contribution in [0.5, 0.6) is 5.75 Å². The van der Waals surface area contributed by atoms with Crippen LogP contribution in [0.15, 0.2) is 24.5 Å². The first-order chi connectivity index (χ1) is 17.2. The molecule has 184 valence electrons. The second-order valence-corrected chi connectivity index (χ2v) is 8.55. The Morgan fingerprint density at radius 2 is 1.80 bits per heavy atom. The highest BCUT2D eigenvalue weighted by molar-refractivity contribution is 5.88. The molecule has 2 saturated heterocycles. The maximum atomic E-state index is 14.4. The number of imidazole rings is 2. The number of hydrogen-bond donors (Lipinski definition) is 0. The fraction of sp³-hybridized carbons (Fsp3) is 0.478. The van der Waals surface area contributed by atoms with Crippen LogP contribution in [0.1, 0.15) is 31.1 Å². The van der Waals surface area contributed by atoms with Crippen LogP contribution in [0.4, 0.5) is 14.7 Å². The van der Waals surface area contributed by atoms with Gasteiger partial charge in [-0.05, 0) is 25.0 Å². The van der Waals surface area contributed by atoms with Crippen LogP contribution in [-0.4, -0.2) is 75.7 Å². The van der Waals surface area contributed by atoms with Crippen LogP contribution in [0, 0.1) is 0 Å². The van der Waals surface area contributed by atoms with E-state index in [1.807, 2.05) is 9.47 Å². The molecule has 6 rings (SSSR count). The number of halogens is 2. The molecule has 35 heavy (non-hydrogen) atoms. The fourth-order valence-electron chi connectivity index (χ4n) is 4.84. The number of fused-ring (bicyclic) bond motifs is 2. The molecule has 4 aromatic rings. The van der Waals surface area contributed by atoms with E-state index in [4.69, 9.17) is 24.2 Å². The second kappa shape index (κ2) is 9.00. The zero-order valence-corrected chi connectivity index (χ0v) is 19.2. The summed E-state index contributed by atoms with van der Waals surface area (Å²) in [7, 11) is 1.50. The van der Waals surface area contributed by atoms with Crippen molar-refractivity contribution in [3.05, 3.63) is 30.4 Å². The van der Waals surface area contributed by atoms with Gasteiger partial charge in [-0.3, -0.25) is 4.57 Å². The minimum atomic E-state index is -2.83. The topological polar surface area (TPSA) is 92.4 Å². The number of nitrogens with zero attached hydrogens (tertiary/aromatic N) is 7. The number of aromatic nitrogens is 6. The van der Waals surface area contributed by atoms with E-state index in [-0.39, 0.29) is 6.04 Å². The molecule has 2 aliphatic heterocycles. The van der Waals surface area contributed by atoms with Gasteiger partial charge >= 0.3 is 0 Å². The van der Waals surface area contributed by atoms with E-state index >= 15 is 0 Å². The minimum Gasteiger partial charge on any atom is -0.494 e. The molecule has 2 fully saturated rings. The second-order valence-electron chi connectivity index (χ2n) is 8.55. The van der Waals surface area contributed by atoms with Crippen molar-refractivity contribution in [2.75, 3.05) is 51.5 Å². The smallest absolute Gasteiger partial charge is 0.296 e. The monoisotopic (exact) mass is 485 g/mol. The molecule has 0 amide bonds. The summed E-state index contributed by atoms with van der Waals surface area (Å²) in [5, 5.41) is 0. The minimum absolute atomic E-state index is 0.102. The molecule has 1 aromatic carbocycles. The van der Waals surface area contributed by atoms with Crippen molar-refractivity contribution in [3.8, 4) is 11.6 Å². The first-order valence-electron chi connectivity index (χ1n) is 11.6. The molecule has 0 saturated carbocycles. The van der Waals surface area contributed by atoms with Crippen molar-refractivity contribution in [2.45, 2.75) is 25.3 Å². The number of ether oxygens (including phenoxy) is 3. The summed E-state index contributed by atoms with van der Waals surface area (Å²) in [6, 6.07) is 5.31. The third kappa shape index (κ3) is 3.76. The normalized spacial score (nSPS) is 17.7. The zero-order valence-electron chi connectivity index (χ0n) is 19.2. The van der Waals surface area contributed by atoms with E-state index in [2.05, 4.69) is 9.97 Å². The largest absolute Gasteiger partial charge is 0.494 e. The lowest BCUT2D eigenvalue weighted by molar-refractivity contribution is 0.0705. The van der Waals surface area contributed by atoms with Gasteiger partial charge in [-0.25, -0.2) is 18.7 Å². The molecule has 0 unspecified atom stereocenters. The number of para-hydroxylation sites is 1. The van der Waals surface area contributed by atoms with E-state index in [0.717, 1.165) is 12.8 Å². The van der Waals surface area contributed by atoms with Crippen LogP contribution < -0.4 is 9.64 Å². The number of morpholine rings is 1. The molecule has 5 heterocycles. The van der Waals surface area contributed by atoms with E-state index in [9.17, 15) is 8.78 Å². The Labute approximate surface area is 199 Å². The molecule has 0 N–H and O–H groups in total. The van der Waals surface area contributed by atoms with Crippen molar-refractivity contribution in [3.63, 3.8) is 0 Å². The Bertz CT molecular complexity index is 1360. The molecule has 0 radical (unpaired) electrons. The zero-order chi connectivity index (χ0) is 23.9. The van der Waals surface area contributed by atoms with Gasteiger partial charge in [0.05, 0.1) is 32.2 Å². The molecule has 0 atom stereocenters. The van der Waals surface area contributed by atoms with Gasteiger partial charge in [0.15, 0.2) is 17.3 Å². The molecule has 10 nitrogen and oxygen atoms in total. The Morgan fingerprint density at radius 3 is 2.54 bits per heavy atom. The molecule has 3 aromatic heterocycles. The van der Waals surface area contributed by atoms with Gasteiger partial charge in [0.25, 0.3) is 6.43 Å². The lowest BCUT2D eigenvalue weighted by Crippen LogP contribution is -2.37. The predicted octanol–water partition coefficient (Wildman–Crippen LogP) is 3.30. The summed E-state index contributed by atoms with van der Waals surface area (Å²) in [6.45, 7) is 3.54. The predicted molar refractivity (Wildman–Crippen MR) is 124 cm³/mol. The molecule has 0 spiro atoms. The Morgan fingerprint density at radius 1 is 1.03 bits per heavy atom. The fourth-order valence-corrected chi connectivity index (χ4v) is 4.84. The van der Waals surface area contributed by atoms with Gasteiger partial charge in [0.2, 0.25) is 5.95 Å². The van der Waals surface area contributed by atoms with E-state index < -0.39 is 12.2 Å². The number of methoxy groups -OCH3 is 1. The van der Waals surface area contributed by atoms with Crippen molar-refractivity contribution in [2.24, 2.45) is 0 Å². The molecular formula is C23H25F2N7O3. The summed E-state index contributed by atoms with van der Waals surface area (Å²) >= 11 is 0. The lowest BCUT2D eigenvalue weighted by Gasteiger charge is -2.28. The summed E-state index contributed by atoms with van der Waals surface area (Å²) in [4.78, 5) is 20.4. The number of anilines is 1. The lowest BCUT2D eigenvalue weighted by atomic mass is 10.1. The van der Waals surface area contributed by atoms with Crippen LogP contribution in [0.3, 0.4) is 0 Å². The standard InChI is InChI=1S/C23H25F2N7O3/c1-33-16-4-2-3-15-17(16)27-22(19(24)25)32(15)21-18-20(26-13-31(18)14-5-9-34-10-6-14)28-23(29-21)30-7-11-35-12-8-30/h2-4,13-14,19H,5-12H2,1H3. The van der Waals surface area contributed by atoms with Crippen LogP contribution in [0.2, 0.25) is 0 Å². The summed E-state index contributed by atoms with van der Waals surface area (Å²) in [6.07, 6.45) is 0.472. The van der Waals surface area contributed by atoms with Gasteiger partial charge in [0.1, 0.15) is 16.8 Å². The maximum absolute atomic E-state index is 14.4. The molecule has 0 bridgehead atoms. The van der Waals surface area contributed by atoms with Gasteiger partial charge < -0.3 is 23.7 Å². The first-order valence-corrected chi connectivity index (χ1v) is 11.6. The van der Waals surface area contributed by atoms with Crippen molar-refractivity contribution < 1.29 is 23.0 Å². The van der Waals surface area contributed by atoms with Gasteiger partial charge in [-0.15, -0.1) is 0 Å². The SMILES string of the molecule is COc1cccc2c1nc(C(F)F)n2-c1nc(N2CCOCC2)nc2ncn(C3CCOCC3)c12. The molecule has 2 aliphatic rings. The van der Waals surface area contributed by atoms with Crippen LogP contribution in [-0.2, 0) is 9.47 Å². The summed E-state index contributed by atoms with van der Waals surface area (Å²) < 4.78 is 48.6. The van der Waals surface area contributed by atoms with Gasteiger partial charge in [-0.1, -0.05) is 6.07 Å². The third-order valence-corrected chi connectivity index (χ3v) is 6.58. The van der Waals surface area contributed by atoms with Gasteiger partial charge in [0, 0.05) is 32.3 Å². The van der Waals surface area contributed by atoms with Crippen molar-refractivity contribution in [1.82, 2.24) is 29.1 Å². The highest BCUT2D eigenvalue weighted by Gasteiger charge is 2.29. The van der Waals surface area contributed by atoms with Crippen LogP contribution >= 0.6 is 0 Å². The Kier molecular flexibility index (Phi) is 5.69. The van der Waals surface area contributed by atoms with E-state index in [0.29, 0.717) is 79.2 Å². The first kappa shape index (κ1) is 22.1. The molecule has 12 heteroatoms. The molecule has 0 aliphatic carbocycles. The highest BCUT2D eigenvalue weighted by atomic mass is 19.3. The Balaban J connectivity index is 1.64. The van der Waals surface area contributed by atoms with E-state index in [1.165, 1.54) is 11.7 Å². The maximum Gasteiger partial charge on any atom is 0.296 e. The highest BCUT2D eigenvalue weighted by Crippen LogP contribution is 2.36. The van der Waals surface area contributed by atoms with Crippen molar-refractivity contribution >= 4 is 28.1 Å². The number of benzene rings is 1. The number of rotatable bonds is 5. The van der Waals surface area contributed by atoms with Crippen LogP contribution in [0.25, 0.3) is 28.0 Å².